The number of hydrogen-bond acceptors (Lipinski definition) is 6. The molecule has 1 aliphatic heterocycles. The molecule has 1 saturated heterocycles. The van der Waals surface area contributed by atoms with Crippen LogP contribution in [0.3, 0.4) is 0 Å². The molecule has 2 fully saturated rings. The molecule has 0 radical (unpaired) electrons. The van der Waals surface area contributed by atoms with Gasteiger partial charge in [-0.1, -0.05) is 13.8 Å². The Bertz CT molecular complexity index is 781. The number of carbonyl (C=O) groups is 2. The number of anilines is 3. The predicted octanol–water partition coefficient (Wildman–Crippen LogP) is 2.71. The summed E-state index contributed by atoms with van der Waals surface area (Å²) in [7, 11) is 3.42. The number of carbonyl (C=O) groups excluding carboxylic acids is 2. The van der Waals surface area contributed by atoms with Crippen LogP contribution < -0.4 is 21.3 Å². The molecule has 0 atom stereocenters. The first kappa shape index (κ1) is 23.2. The third kappa shape index (κ3) is 6.02. The molecule has 8 heteroatoms. The van der Waals surface area contributed by atoms with Crippen molar-refractivity contribution in [3.05, 3.63) is 11.6 Å². The Hall–Kier alpha value is -2.51. The maximum atomic E-state index is 13.2. The van der Waals surface area contributed by atoms with E-state index in [1.165, 1.54) is 4.90 Å². The zero-order valence-electron chi connectivity index (χ0n) is 19.4. The van der Waals surface area contributed by atoms with Crippen molar-refractivity contribution < 1.29 is 9.59 Å². The number of nitrogens with one attached hydrogen (secondary N) is 2. The highest BCUT2D eigenvalue weighted by Gasteiger charge is 2.27. The van der Waals surface area contributed by atoms with E-state index in [4.69, 9.17) is 10.7 Å². The fourth-order valence-corrected chi connectivity index (χ4v) is 4.27. The van der Waals surface area contributed by atoms with Crippen LogP contribution in [0.4, 0.5) is 17.3 Å². The van der Waals surface area contributed by atoms with E-state index in [0.717, 1.165) is 57.5 Å². The Morgan fingerprint density at radius 3 is 2.32 bits per heavy atom. The quantitative estimate of drug-likeness (QED) is 0.641. The average molecular weight is 431 g/mol. The summed E-state index contributed by atoms with van der Waals surface area (Å²) < 4.78 is 0. The lowest BCUT2D eigenvalue weighted by molar-refractivity contribution is -0.126. The van der Waals surface area contributed by atoms with Gasteiger partial charge in [0.1, 0.15) is 5.82 Å². The second-order valence-electron chi connectivity index (χ2n) is 9.54. The molecule has 31 heavy (non-hydrogen) atoms. The van der Waals surface area contributed by atoms with Crippen molar-refractivity contribution in [1.82, 2.24) is 15.2 Å². The highest BCUT2D eigenvalue weighted by Crippen LogP contribution is 2.30. The summed E-state index contributed by atoms with van der Waals surface area (Å²) in [6, 6.07) is 1.92. The Labute approximate surface area is 185 Å². The number of nitrogen functional groups attached to an aromatic ring is 1. The number of nitrogens with zero attached hydrogens (tertiary/aromatic N) is 3. The van der Waals surface area contributed by atoms with Crippen LogP contribution >= 0.6 is 0 Å². The summed E-state index contributed by atoms with van der Waals surface area (Å²) in [6.07, 6.45) is 6.44. The molecular formula is C23H38N6O2. The molecule has 0 aromatic carbocycles. The summed E-state index contributed by atoms with van der Waals surface area (Å²) in [5.41, 5.74) is 7.15. The minimum atomic E-state index is -0.108. The van der Waals surface area contributed by atoms with E-state index >= 15 is 0 Å². The van der Waals surface area contributed by atoms with Gasteiger partial charge in [0.2, 0.25) is 5.91 Å². The fraction of sp³-hybridized carbons (Fsp3) is 0.696. The third-order valence-corrected chi connectivity index (χ3v) is 6.62. The normalized spacial score (nSPS) is 22.1. The van der Waals surface area contributed by atoms with Gasteiger partial charge in [0.05, 0.1) is 17.8 Å². The highest BCUT2D eigenvalue weighted by atomic mass is 16.2. The summed E-state index contributed by atoms with van der Waals surface area (Å²) in [6.45, 7) is 6.34. The van der Waals surface area contributed by atoms with E-state index in [1.807, 2.05) is 0 Å². The van der Waals surface area contributed by atoms with E-state index in [9.17, 15) is 9.59 Å². The molecule has 2 heterocycles. The first-order valence-electron chi connectivity index (χ1n) is 11.5. The van der Waals surface area contributed by atoms with E-state index in [-0.39, 0.29) is 24.4 Å². The number of amides is 2. The maximum Gasteiger partial charge on any atom is 0.255 e. The maximum absolute atomic E-state index is 13.2. The van der Waals surface area contributed by atoms with Crippen molar-refractivity contribution >= 4 is 29.1 Å². The number of pyridine rings is 1. The summed E-state index contributed by atoms with van der Waals surface area (Å²) in [5.74, 6) is 2.33. The lowest BCUT2D eigenvalue weighted by Crippen LogP contribution is -2.40. The Balaban J connectivity index is 1.83. The number of likely N-dealkylation sites (N-methyl/N-ethyl adjacent to an activating group) is 1. The summed E-state index contributed by atoms with van der Waals surface area (Å²) in [5, 5.41) is 6.26. The molecule has 8 nitrogen and oxygen atoms in total. The van der Waals surface area contributed by atoms with Crippen molar-refractivity contribution in [2.24, 2.45) is 11.8 Å². The summed E-state index contributed by atoms with van der Waals surface area (Å²) >= 11 is 0. The Kier molecular flexibility index (Phi) is 7.62. The van der Waals surface area contributed by atoms with Crippen LogP contribution in [0.25, 0.3) is 0 Å². The number of aromatic nitrogens is 1. The van der Waals surface area contributed by atoms with E-state index in [0.29, 0.717) is 28.8 Å². The standard InChI is InChI=1S/C23H38N6O2/c1-15-5-7-17(8-6-15)26-23(31)18-13-19(24)21(25-14-20(30)28(3)4)27-22(18)29-11-9-16(2)10-12-29/h13,15-17H,5-12,14,24H2,1-4H3,(H,25,27)(H,26,31). The van der Waals surface area contributed by atoms with Crippen LogP contribution in [0.15, 0.2) is 6.07 Å². The van der Waals surface area contributed by atoms with E-state index in [2.05, 4.69) is 29.4 Å². The van der Waals surface area contributed by atoms with Crippen LogP contribution in [0.5, 0.6) is 0 Å². The summed E-state index contributed by atoms with van der Waals surface area (Å²) in [4.78, 5) is 33.6. The smallest absolute Gasteiger partial charge is 0.255 e. The van der Waals surface area contributed by atoms with Crippen LogP contribution in [-0.2, 0) is 4.79 Å². The van der Waals surface area contributed by atoms with Crippen molar-refractivity contribution in [3.63, 3.8) is 0 Å². The van der Waals surface area contributed by atoms with Gasteiger partial charge in [-0.3, -0.25) is 9.59 Å². The second kappa shape index (κ2) is 10.2. The molecule has 1 aromatic rings. The van der Waals surface area contributed by atoms with Crippen LogP contribution in [0, 0.1) is 11.8 Å². The van der Waals surface area contributed by atoms with E-state index < -0.39 is 0 Å². The van der Waals surface area contributed by atoms with Crippen molar-refractivity contribution in [2.45, 2.75) is 58.4 Å². The van der Waals surface area contributed by atoms with Gasteiger partial charge in [0, 0.05) is 33.2 Å². The number of piperidine rings is 1. The number of rotatable bonds is 6. The lowest BCUT2D eigenvalue weighted by Gasteiger charge is -2.33. The lowest BCUT2D eigenvalue weighted by atomic mass is 9.87. The topological polar surface area (TPSA) is 104 Å². The second-order valence-corrected chi connectivity index (χ2v) is 9.54. The van der Waals surface area contributed by atoms with Gasteiger partial charge < -0.3 is 26.2 Å². The molecular weight excluding hydrogens is 392 g/mol. The van der Waals surface area contributed by atoms with Gasteiger partial charge in [-0.05, 0) is 56.4 Å². The minimum absolute atomic E-state index is 0.0668. The average Bonchev–Trinajstić information content (AvgIpc) is 2.74. The predicted molar refractivity (Wildman–Crippen MR) is 125 cm³/mol. The highest BCUT2D eigenvalue weighted by molar-refractivity contribution is 6.01. The molecule has 1 aliphatic carbocycles. The molecule has 1 saturated carbocycles. The monoisotopic (exact) mass is 430 g/mol. The molecule has 0 bridgehead atoms. The fourth-order valence-electron chi connectivity index (χ4n) is 4.27. The molecule has 4 N–H and O–H groups in total. The molecule has 1 aromatic heterocycles. The SMILES string of the molecule is CC1CCC(NC(=O)c2cc(N)c(NCC(=O)N(C)C)nc2N2CCC(C)CC2)CC1. The Morgan fingerprint density at radius 1 is 1.10 bits per heavy atom. The first-order valence-corrected chi connectivity index (χ1v) is 11.5. The molecule has 3 rings (SSSR count). The Morgan fingerprint density at radius 2 is 1.71 bits per heavy atom. The van der Waals surface area contributed by atoms with Gasteiger partial charge in [0.25, 0.3) is 5.91 Å². The zero-order valence-corrected chi connectivity index (χ0v) is 19.4. The number of hydrogen-bond donors (Lipinski definition) is 3. The molecule has 0 spiro atoms. The van der Waals surface area contributed by atoms with Crippen molar-refractivity contribution in [3.8, 4) is 0 Å². The molecule has 2 aliphatic rings. The van der Waals surface area contributed by atoms with Gasteiger partial charge in [-0.2, -0.15) is 0 Å². The van der Waals surface area contributed by atoms with Gasteiger partial charge in [0.15, 0.2) is 5.82 Å². The minimum Gasteiger partial charge on any atom is -0.396 e. The van der Waals surface area contributed by atoms with Crippen LogP contribution in [0.1, 0.15) is 62.7 Å². The van der Waals surface area contributed by atoms with Crippen molar-refractivity contribution in [1.29, 1.82) is 0 Å². The van der Waals surface area contributed by atoms with E-state index in [1.54, 1.807) is 20.2 Å². The van der Waals surface area contributed by atoms with Crippen molar-refractivity contribution in [2.75, 3.05) is 49.7 Å². The van der Waals surface area contributed by atoms with Crippen LogP contribution in [-0.4, -0.2) is 61.5 Å². The van der Waals surface area contributed by atoms with Gasteiger partial charge in [-0.15, -0.1) is 0 Å². The third-order valence-electron chi connectivity index (χ3n) is 6.62. The molecule has 0 unspecified atom stereocenters. The van der Waals surface area contributed by atoms with Gasteiger partial charge in [-0.25, -0.2) is 4.98 Å². The zero-order chi connectivity index (χ0) is 22.5. The first-order chi connectivity index (χ1) is 14.7. The number of nitrogens with two attached hydrogens (primary N) is 1. The van der Waals surface area contributed by atoms with Gasteiger partial charge >= 0.3 is 0 Å². The molecule has 172 valence electrons. The van der Waals surface area contributed by atoms with Crippen LogP contribution in [0.2, 0.25) is 0 Å². The largest absolute Gasteiger partial charge is 0.396 e. The molecule has 2 amide bonds.